The van der Waals surface area contributed by atoms with Crippen molar-refractivity contribution in [2.75, 3.05) is 7.11 Å². The number of methoxy groups -OCH3 is 1. The Hall–Kier alpha value is -3.21. The van der Waals surface area contributed by atoms with Crippen LogP contribution in [0.4, 0.5) is 0 Å². The maximum Gasteiger partial charge on any atom is 0.267 e. The summed E-state index contributed by atoms with van der Waals surface area (Å²) in [6.45, 7) is 4.22. The Morgan fingerprint density at radius 3 is 2.83 bits per heavy atom. The molecule has 0 atom stereocenters. The Bertz CT molecular complexity index is 917. The average molecular weight is 319 g/mol. The standard InChI is InChI=1S/C19H17N3O2/c1-14(24-2)16-6-3-5-15(11-16)13-22-19(23)9-8-18(21-22)17-7-4-10-20-12-17/h3-12H,1,13H2,2H3. The first-order valence-corrected chi connectivity index (χ1v) is 7.48. The maximum absolute atomic E-state index is 12.1. The summed E-state index contributed by atoms with van der Waals surface area (Å²) < 4.78 is 6.60. The van der Waals surface area contributed by atoms with Crippen LogP contribution in [0.5, 0.6) is 0 Å². The lowest BCUT2D eigenvalue weighted by Gasteiger charge is -2.09. The van der Waals surface area contributed by atoms with Crippen LogP contribution >= 0.6 is 0 Å². The predicted molar refractivity (Wildman–Crippen MR) is 93.3 cm³/mol. The fraction of sp³-hybridized carbons (Fsp3) is 0.105. The molecule has 0 bridgehead atoms. The number of pyridine rings is 1. The van der Waals surface area contributed by atoms with Crippen LogP contribution in [-0.2, 0) is 11.3 Å². The van der Waals surface area contributed by atoms with Gasteiger partial charge in [0, 0.05) is 29.6 Å². The van der Waals surface area contributed by atoms with Crippen molar-refractivity contribution in [1.82, 2.24) is 14.8 Å². The molecular formula is C19H17N3O2. The molecule has 0 saturated heterocycles. The first-order chi connectivity index (χ1) is 11.7. The van der Waals surface area contributed by atoms with E-state index in [1.165, 1.54) is 10.7 Å². The molecule has 5 heteroatoms. The molecule has 0 N–H and O–H groups in total. The van der Waals surface area contributed by atoms with Crippen LogP contribution in [0.3, 0.4) is 0 Å². The van der Waals surface area contributed by atoms with Gasteiger partial charge < -0.3 is 4.74 Å². The Morgan fingerprint density at radius 1 is 1.21 bits per heavy atom. The van der Waals surface area contributed by atoms with Gasteiger partial charge >= 0.3 is 0 Å². The number of benzene rings is 1. The van der Waals surface area contributed by atoms with Crippen LogP contribution in [0.15, 0.2) is 72.3 Å². The Labute approximate surface area is 139 Å². The largest absolute Gasteiger partial charge is 0.497 e. The third-order valence-corrected chi connectivity index (χ3v) is 3.65. The summed E-state index contributed by atoms with van der Waals surface area (Å²) in [6.07, 6.45) is 3.42. The van der Waals surface area contributed by atoms with Crippen molar-refractivity contribution in [2.24, 2.45) is 0 Å². The molecule has 3 aromatic rings. The second kappa shape index (κ2) is 6.91. The molecule has 0 spiro atoms. The maximum atomic E-state index is 12.1. The number of hydrogen-bond donors (Lipinski definition) is 0. The van der Waals surface area contributed by atoms with Gasteiger partial charge in [0.05, 0.1) is 19.3 Å². The third-order valence-electron chi connectivity index (χ3n) is 3.65. The minimum absolute atomic E-state index is 0.154. The highest BCUT2D eigenvalue weighted by atomic mass is 16.5. The summed E-state index contributed by atoms with van der Waals surface area (Å²) in [5, 5.41) is 4.44. The summed E-state index contributed by atoms with van der Waals surface area (Å²) in [7, 11) is 1.58. The molecule has 2 heterocycles. The molecule has 0 saturated carbocycles. The fourth-order valence-electron chi connectivity index (χ4n) is 2.36. The molecular weight excluding hydrogens is 302 g/mol. The molecule has 0 aliphatic rings. The lowest BCUT2D eigenvalue weighted by atomic mass is 10.1. The zero-order valence-electron chi connectivity index (χ0n) is 13.3. The summed E-state index contributed by atoms with van der Waals surface area (Å²) in [5.74, 6) is 0.585. The van der Waals surface area contributed by atoms with Crippen LogP contribution in [0.1, 0.15) is 11.1 Å². The van der Waals surface area contributed by atoms with E-state index in [1.54, 1.807) is 25.6 Å². The van der Waals surface area contributed by atoms with E-state index < -0.39 is 0 Å². The van der Waals surface area contributed by atoms with Gasteiger partial charge in [-0.25, -0.2) is 4.68 Å². The van der Waals surface area contributed by atoms with Crippen molar-refractivity contribution < 1.29 is 4.74 Å². The quantitative estimate of drug-likeness (QED) is 0.678. The molecule has 0 aliphatic carbocycles. The highest BCUT2D eigenvalue weighted by Crippen LogP contribution is 2.16. The van der Waals surface area contributed by atoms with Crippen LogP contribution in [-0.4, -0.2) is 21.9 Å². The highest BCUT2D eigenvalue weighted by Gasteiger charge is 2.06. The van der Waals surface area contributed by atoms with Gasteiger partial charge in [0.25, 0.3) is 5.56 Å². The average Bonchev–Trinajstić information content (AvgIpc) is 2.64. The molecule has 2 aromatic heterocycles. The highest BCUT2D eigenvalue weighted by molar-refractivity contribution is 5.58. The lowest BCUT2D eigenvalue weighted by Crippen LogP contribution is -2.22. The monoisotopic (exact) mass is 319 g/mol. The van der Waals surface area contributed by atoms with E-state index in [-0.39, 0.29) is 5.56 Å². The summed E-state index contributed by atoms with van der Waals surface area (Å²) in [6, 6.07) is 14.7. The summed E-state index contributed by atoms with van der Waals surface area (Å²) in [5.41, 5.74) is 3.25. The summed E-state index contributed by atoms with van der Waals surface area (Å²) in [4.78, 5) is 16.2. The van der Waals surface area contributed by atoms with Gasteiger partial charge in [-0.05, 0) is 29.8 Å². The number of aromatic nitrogens is 3. The molecule has 0 fully saturated rings. The second-order valence-electron chi connectivity index (χ2n) is 5.28. The van der Waals surface area contributed by atoms with Crippen LogP contribution in [0, 0.1) is 0 Å². The number of nitrogens with zero attached hydrogens (tertiary/aromatic N) is 3. The topological polar surface area (TPSA) is 57.0 Å². The van der Waals surface area contributed by atoms with Crippen molar-refractivity contribution in [2.45, 2.75) is 6.54 Å². The van der Waals surface area contributed by atoms with E-state index in [4.69, 9.17) is 4.74 Å². The number of ether oxygens (including phenoxy) is 1. The van der Waals surface area contributed by atoms with Gasteiger partial charge in [0.1, 0.15) is 5.76 Å². The van der Waals surface area contributed by atoms with Crippen molar-refractivity contribution in [3.63, 3.8) is 0 Å². The molecule has 1 aromatic carbocycles. The Balaban J connectivity index is 1.93. The molecule has 3 rings (SSSR count). The zero-order valence-corrected chi connectivity index (χ0v) is 13.3. The van der Waals surface area contributed by atoms with Crippen molar-refractivity contribution in [3.05, 3.63) is 89.0 Å². The minimum Gasteiger partial charge on any atom is -0.497 e. The molecule has 24 heavy (non-hydrogen) atoms. The fourth-order valence-corrected chi connectivity index (χ4v) is 2.36. The predicted octanol–water partition coefficient (Wildman–Crippen LogP) is 2.97. The van der Waals surface area contributed by atoms with E-state index in [9.17, 15) is 4.79 Å². The van der Waals surface area contributed by atoms with E-state index in [0.717, 1.165) is 16.7 Å². The van der Waals surface area contributed by atoms with Crippen molar-refractivity contribution in [3.8, 4) is 11.3 Å². The second-order valence-corrected chi connectivity index (χ2v) is 5.28. The van der Waals surface area contributed by atoms with Gasteiger partial charge in [-0.3, -0.25) is 9.78 Å². The first kappa shape index (κ1) is 15.7. The smallest absolute Gasteiger partial charge is 0.267 e. The van der Waals surface area contributed by atoms with Crippen molar-refractivity contribution in [1.29, 1.82) is 0 Å². The Morgan fingerprint density at radius 2 is 2.08 bits per heavy atom. The molecule has 0 amide bonds. The van der Waals surface area contributed by atoms with Crippen LogP contribution in [0.25, 0.3) is 17.0 Å². The lowest BCUT2D eigenvalue weighted by molar-refractivity contribution is 0.371. The molecule has 0 aliphatic heterocycles. The summed E-state index contributed by atoms with van der Waals surface area (Å²) >= 11 is 0. The van der Waals surface area contributed by atoms with E-state index >= 15 is 0 Å². The Kier molecular flexibility index (Phi) is 4.52. The van der Waals surface area contributed by atoms with Gasteiger partial charge in [-0.1, -0.05) is 24.8 Å². The van der Waals surface area contributed by atoms with Gasteiger partial charge in [-0.15, -0.1) is 0 Å². The van der Waals surface area contributed by atoms with Crippen molar-refractivity contribution >= 4 is 5.76 Å². The molecule has 5 nitrogen and oxygen atoms in total. The number of hydrogen-bond acceptors (Lipinski definition) is 4. The SMILES string of the molecule is C=C(OC)c1cccc(Cn2nc(-c3cccnc3)ccc2=O)c1. The zero-order chi connectivity index (χ0) is 16.9. The van der Waals surface area contributed by atoms with Gasteiger partial charge in [0.15, 0.2) is 0 Å². The number of rotatable bonds is 5. The van der Waals surface area contributed by atoms with Gasteiger partial charge in [-0.2, -0.15) is 5.10 Å². The molecule has 120 valence electrons. The normalized spacial score (nSPS) is 10.4. The molecule has 0 radical (unpaired) electrons. The first-order valence-electron chi connectivity index (χ1n) is 7.48. The van der Waals surface area contributed by atoms with E-state index in [0.29, 0.717) is 18.0 Å². The molecule has 0 unspecified atom stereocenters. The van der Waals surface area contributed by atoms with Crippen LogP contribution < -0.4 is 5.56 Å². The van der Waals surface area contributed by atoms with E-state index in [1.807, 2.05) is 36.4 Å². The van der Waals surface area contributed by atoms with Gasteiger partial charge in [0.2, 0.25) is 0 Å². The van der Waals surface area contributed by atoms with Crippen LogP contribution in [0.2, 0.25) is 0 Å². The van der Waals surface area contributed by atoms with E-state index in [2.05, 4.69) is 16.7 Å². The third kappa shape index (κ3) is 3.41. The minimum atomic E-state index is -0.154.